The van der Waals surface area contributed by atoms with Crippen LogP contribution < -0.4 is 20.3 Å². The molecule has 8 heteroatoms. The highest BCUT2D eigenvalue weighted by molar-refractivity contribution is 5.96. The Balaban J connectivity index is 1.50. The van der Waals surface area contributed by atoms with Crippen molar-refractivity contribution in [3.05, 3.63) is 54.1 Å². The van der Waals surface area contributed by atoms with Gasteiger partial charge in [0.1, 0.15) is 5.75 Å². The average Bonchev–Trinajstić information content (AvgIpc) is 2.91. The predicted octanol–water partition coefficient (Wildman–Crippen LogP) is 2.39. The quantitative estimate of drug-likeness (QED) is 0.470. The van der Waals surface area contributed by atoms with E-state index in [4.69, 9.17) is 11.2 Å². The number of carbonyl (C=O) groups is 2. The number of rotatable bonds is 11. The summed E-state index contributed by atoms with van der Waals surface area (Å²) >= 11 is 0. The number of nitrogens with zero attached hydrogens (tertiary/aromatic N) is 3. The van der Waals surface area contributed by atoms with E-state index in [9.17, 15) is 9.59 Å². The van der Waals surface area contributed by atoms with Gasteiger partial charge >= 0.3 is 0 Å². The summed E-state index contributed by atoms with van der Waals surface area (Å²) in [6, 6.07) is 15.1. The molecule has 2 amide bonds. The number of hydrogen-bond acceptors (Lipinski definition) is 6. The number of ether oxygens (including phenoxy) is 1. The van der Waals surface area contributed by atoms with Gasteiger partial charge in [-0.15, -0.1) is 12.3 Å². The molecule has 0 saturated carbocycles. The molecule has 1 aliphatic rings. The molecule has 1 unspecified atom stereocenters. The van der Waals surface area contributed by atoms with Gasteiger partial charge in [0.2, 0.25) is 5.91 Å². The molecule has 3 rings (SSSR count). The van der Waals surface area contributed by atoms with Crippen molar-refractivity contribution in [2.24, 2.45) is 5.92 Å². The Morgan fingerprint density at radius 1 is 1.08 bits per heavy atom. The van der Waals surface area contributed by atoms with E-state index < -0.39 is 0 Å². The zero-order valence-electron chi connectivity index (χ0n) is 21.5. The third kappa shape index (κ3) is 7.92. The van der Waals surface area contributed by atoms with Gasteiger partial charge in [0.15, 0.2) is 0 Å². The highest BCUT2D eigenvalue weighted by Gasteiger charge is 2.18. The van der Waals surface area contributed by atoms with Gasteiger partial charge in [-0.1, -0.05) is 0 Å². The van der Waals surface area contributed by atoms with Crippen molar-refractivity contribution >= 4 is 23.2 Å². The molecule has 1 saturated heterocycles. The van der Waals surface area contributed by atoms with Crippen molar-refractivity contribution in [3.8, 4) is 18.1 Å². The van der Waals surface area contributed by atoms with Crippen LogP contribution in [0.2, 0.25) is 0 Å². The van der Waals surface area contributed by atoms with Gasteiger partial charge in [0.25, 0.3) is 5.91 Å². The predicted molar refractivity (Wildman–Crippen MR) is 145 cm³/mol. The van der Waals surface area contributed by atoms with Gasteiger partial charge in [-0.25, -0.2) is 0 Å². The normalized spacial score (nSPS) is 14.4. The van der Waals surface area contributed by atoms with Crippen molar-refractivity contribution in [2.75, 3.05) is 76.7 Å². The Bertz CT molecular complexity index is 1020. The Morgan fingerprint density at radius 3 is 2.36 bits per heavy atom. The molecule has 36 heavy (non-hydrogen) atoms. The van der Waals surface area contributed by atoms with Gasteiger partial charge in [0, 0.05) is 68.7 Å². The summed E-state index contributed by atoms with van der Waals surface area (Å²) in [7, 11) is 3.75. The van der Waals surface area contributed by atoms with Crippen LogP contribution in [0.4, 0.5) is 11.4 Å². The molecule has 8 nitrogen and oxygen atoms in total. The number of amides is 2. The number of hydrogen-bond donors (Lipinski definition) is 2. The second kappa shape index (κ2) is 13.4. The van der Waals surface area contributed by atoms with Crippen molar-refractivity contribution in [1.29, 1.82) is 0 Å². The summed E-state index contributed by atoms with van der Waals surface area (Å²) in [6.07, 6.45) is 5.55. The molecule has 0 aromatic heterocycles. The summed E-state index contributed by atoms with van der Waals surface area (Å²) in [5.41, 5.74) is 2.57. The number of anilines is 2. The van der Waals surface area contributed by atoms with Crippen LogP contribution in [0.3, 0.4) is 0 Å². The molecule has 1 fully saturated rings. The Kier molecular flexibility index (Phi) is 10.0. The lowest BCUT2D eigenvalue weighted by molar-refractivity contribution is -0.130. The topological polar surface area (TPSA) is 77.1 Å². The van der Waals surface area contributed by atoms with Crippen LogP contribution in [0.25, 0.3) is 0 Å². The first-order chi connectivity index (χ1) is 17.4. The van der Waals surface area contributed by atoms with E-state index in [2.05, 4.69) is 33.4 Å². The second-order valence-corrected chi connectivity index (χ2v) is 9.08. The molecular weight excluding hydrogens is 454 g/mol. The van der Waals surface area contributed by atoms with Gasteiger partial charge in [-0.3, -0.25) is 9.59 Å². The molecule has 0 spiro atoms. The van der Waals surface area contributed by atoms with Gasteiger partial charge in [0.05, 0.1) is 13.7 Å². The first kappa shape index (κ1) is 26.9. The minimum Gasteiger partial charge on any atom is -0.497 e. The number of methoxy groups -OCH3 is 1. The number of terminal acetylenes is 1. The van der Waals surface area contributed by atoms with Crippen LogP contribution in [-0.2, 0) is 4.79 Å². The number of nitrogens with one attached hydrogen (secondary N) is 2. The summed E-state index contributed by atoms with van der Waals surface area (Å²) < 4.78 is 5.18. The lowest BCUT2D eigenvalue weighted by Gasteiger charge is -2.34. The first-order valence-corrected chi connectivity index (χ1v) is 12.3. The Hall–Kier alpha value is -3.70. The lowest BCUT2D eigenvalue weighted by Crippen LogP contribution is -2.44. The van der Waals surface area contributed by atoms with Crippen LogP contribution in [-0.4, -0.2) is 88.1 Å². The molecule has 192 valence electrons. The summed E-state index contributed by atoms with van der Waals surface area (Å²) in [6.45, 7) is 7.24. The number of piperazine rings is 1. The third-order valence-electron chi connectivity index (χ3n) is 6.33. The largest absolute Gasteiger partial charge is 0.497 e. The molecule has 1 atom stereocenters. The van der Waals surface area contributed by atoms with Crippen LogP contribution in [0, 0.1) is 18.3 Å². The van der Waals surface area contributed by atoms with Gasteiger partial charge in [-0.05, 0) is 62.5 Å². The van der Waals surface area contributed by atoms with E-state index in [1.807, 2.05) is 55.5 Å². The fourth-order valence-corrected chi connectivity index (χ4v) is 4.00. The molecular formula is C28H37N5O3. The van der Waals surface area contributed by atoms with Crippen molar-refractivity contribution in [2.45, 2.75) is 6.92 Å². The molecule has 1 aliphatic heterocycles. The van der Waals surface area contributed by atoms with E-state index in [1.165, 1.54) is 0 Å². The third-order valence-corrected chi connectivity index (χ3v) is 6.33. The van der Waals surface area contributed by atoms with Crippen molar-refractivity contribution in [3.63, 3.8) is 0 Å². The van der Waals surface area contributed by atoms with Crippen LogP contribution >= 0.6 is 0 Å². The maximum absolute atomic E-state index is 12.9. The second-order valence-electron chi connectivity index (χ2n) is 9.08. The van der Waals surface area contributed by atoms with E-state index in [0.717, 1.165) is 43.3 Å². The average molecular weight is 492 g/mol. The molecule has 0 aliphatic carbocycles. The monoisotopic (exact) mass is 491 g/mol. The fraction of sp³-hybridized carbons (Fsp3) is 0.429. The standard InChI is InChI=1S/C28H37N5O3/c1-5-22(2)21-33(15-14-29-24-8-12-26(36-4)13-9-24)27(34)20-30-28(35)23-6-10-25(11-7-23)32-18-16-31(3)17-19-32/h1,6-13,22,29H,14-21H2,2-4H3,(H,30,35). The summed E-state index contributed by atoms with van der Waals surface area (Å²) in [4.78, 5) is 31.9. The Morgan fingerprint density at radius 2 is 1.75 bits per heavy atom. The summed E-state index contributed by atoms with van der Waals surface area (Å²) in [5, 5.41) is 6.06. The SMILES string of the molecule is C#CC(C)CN(CCNc1ccc(OC)cc1)C(=O)CNC(=O)c1ccc(N2CCN(C)CC2)cc1. The van der Waals surface area contributed by atoms with Crippen LogP contribution in [0.15, 0.2) is 48.5 Å². The first-order valence-electron chi connectivity index (χ1n) is 12.3. The smallest absolute Gasteiger partial charge is 0.251 e. The van der Waals surface area contributed by atoms with Crippen LogP contribution in [0.1, 0.15) is 17.3 Å². The van der Waals surface area contributed by atoms with E-state index in [-0.39, 0.29) is 24.3 Å². The maximum atomic E-state index is 12.9. The zero-order valence-corrected chi connectivity index (χ0v) is 21.5. The zero-order chi connectivity index (χ0) is 25.9. The molecule has 2 N–H and O–H groups in total. The molecule has 2 aromatic rings. The number of benzene rings is 2. The highest BCUT2D eigenvalue weighted by atomic mass is 16.5. The van der Waals surface area contributed by atoms with E-state index >= 15 is 0 Å². The molecule has 1 heterocycles. The molecule has 2 aromatic carbocycles. The number of likely N-dealkylation sites (N-methyl/N-ethyl adjacent to an activating group) is 1. The minimum atomic E-state index is -0.269. The van der Waals surface area contributed by atoms with Gasteiger partial charge in [-0.2, -0.15) is 0 Å². The fourth-order valence-electron chi connectivity index (χ4n) is 4.00. The lowest BCUT2D eigenvalue weighted by atomic mass is 10.1. The van der Waals surface area contributed by atoms with Crippen molar-refractivity contribution < 1.29 is 14.3 Å². The Labute approximate surface area is 214 Å². The molecule has 0 bridgehead atoms. The van der Waals surface area contributed by atoms with E-state index in [1.54, 1.807) is 12.0 Å². The van der Waals surface area contributed by atoms with Crippen molar-refractivity contribution in [1.82, 2.24) is 15.1 Å². The highest BCUT2D eigenvalue weighted by Crippen LogP contribution is 2.17. The maximum Gasteiger partial charge on any atom is 0.251 e. The van der Waals surface area contributed by atoms with Gasteiger partial charge < -0.3 is 30.1 Å². The minimum absolute atomic E-state index is 0.0845. The number of carbonyl (C=O) groups excluding carboxylic acids is 2. The van der Waals surface area contributed by atoms with E-state index in [0.29, 0.717) is 25.2 Å². The summed E-state index contributed by atoms with van der Waals surface area (Å²) in [5.74, 6) is 2.93. The molecule has 0 radical (unpaired) electrons. The van der Waals surface area contributed by atoms with Crippen LogP contribution in [0.5, 0.6) is 5.75 Å².